The molecule has 5 rings (SSSR count). The molecule has 0 spiro atoms. The second-order valence-electron chi connectivity index (χ2n) is 6.67. The molecule has 5 heteroatoms. The van der Waals surface area contributed by atoms with E-state index in [4.69, 9.17) is 5.10 Å². The van der Waals surface area contributed by atoms with Crippen molar-refractivity contribution in [3.8, 4) is 23.1 Å². The standard InChI is InChI=1S/C23H18N4O/c28-22-18(15-16-9-3-1-4-10-16)21(17-11-5-2-6-12-17)26-27(22)23-24-19-13-7-8-14-20(19)25-23/h1-14,28H,15H2,(H,24,25). The van der Waals surface area contributed by atoms with Gasteiger partial charge in [-0.2, -0.15) is 9.78 Å². The molecule has 0 aliphatic carbocycles. The lowest BCUT2D eigenvalue weighted by atomic mass is 10.0. The first-order chi connectivity index (χ1) is 13.8. The molecule has 136 valence electrons. The van der Waals surface area contributed by atoms with Gasteiger partial charge in [0.25, 0.3) is 0 Å². The van der Waals surface area contributed by atoms with E-state index >= 15 is 0 Å². The number of hydrogen-bond acceptors (Lipinski definition) is 3. The molecular weight excluding hydrogens is 348 g/mol. The molecule has 0 aliphatic rings. The summed E-state index contributed by atoms with van der Waals surface area (Å²) >= 11 is 0. The minimum Gasteiger partial charge on any atom is -0.493 e. The van der Waals surface area contributed by atoms with Crippen molar-refractivity contribution in [2.24, 2.45) is 0 Å². The second-order valence-corrected chi connectivity index (χ2v) is 6.67. The quantitative estimate of drug-likeness (QED) is 0.484. The molecule has 0 saturated carbocycles. The number of aromatic nitrogens is 4. The Morgan fingerprint density at radius 2 is 1.50 bits per heavy atom. The molecule has 0 aliphatic heterocycles. The average Bonchev–Trinajstić information content (AvgIpc) is 3.31. The second kappa shape index (κ2) is 6.70. The van der Waals surface area contributed by atoms with E-state index in [9.17, 15) is 5.11 Å². The highest BCUT2D eigenvalue weighted by Crippen LogP contribution is 2.33. The molecule has 28 heavy (non-hydrogen) atoms. The number of aromatic amines is 1. The van der Waals surface area contributed by atoms with Crippen molar-refractivity contribution in [3.63, 3.8) is 0 Å². The molecule has 3 aromatic carbocycles. The van der Waals surface area contributed by atoms with Crippen molar-refractivity contribution in [1.29, 1.82) is 0 Å². The van der Waals surface area contributed by atoms with E-state index in [-0.39, 0.29) is 5.88 Å². The first-order valence-electron chi connectivity index (χ1n) is 9.15. The molecule has 2 heterocycles. The van der Waals surface area contributed by atoms with Crippen molar-refractivity contribution in [2.75, 3.05) is 0 Å². The Morgan fingerprint density at radius 3 is 2.25 bits per heavy atom. The first kappa shape index (κ1) is 16.3. The molecule has 5 nitrogen and oxygen atoms in total. The molecule has 0 atom stereocenters. The van der Waals surface area contributed by atoms with Gasteiger partial charge in [0.15, 0.2) is 0 Å². The van der Waals surface area contributed by atoms with Crippen LogP contribution in [0.1, 0.15) is 11.1 Å². The Morgan fingerprint density at radius 1 is 0.821 bits per heavy atom. The zero-order valence-corrected chi connectivity index (χ0v) is 15.1. The third-order valence-corrected chi connectivity index (χ3v) is 4.80. The Bertz CT molecular complexity index is 1210. The van der Waals surface area contributed by atoms with Crippen LogP contribution in [0.5, 0.6) is 5.88 Å². The monoisotopic (exact) mass is 366 g/mol. The fraction of sp³-hybridized carbons (Fsp3) is 0.0435. The number of aromatic hydroxyl groups is 1. The summed E-state index contributed by atoms with van der Waals surface area (Å²) < 4.78 is 1.49. The first-order valence-corrected chi connectivity index (χ1v) is 9.15. The van der Waals surface area contributed by atoms with Crippen LogP contribution in [0.25, 0.3) is 28.2 Å². The minimum absolute atomic E-state index is 0.0989. The molecule has 5 aromatic rings. The Labute approximate surface area is 161 Å². The maximum atomic E-state index is 11.1. The third-order valence-electron chi connectivity index (χ3n) is 4.80. The van der Waals surface area contributed by atoms with Crippen LogP contribution in [0.15, 0.2) is 84.9 Å². The van der Waals surface area contributed by atoms with Crippen molar-refractivity contribution >= 4 is 11.0 Å². The molecule has 2 N–H and O–H groups in total. The summed E-state index contributed by atoms with van der Waals surface area (Å²) in [6.07, 6.45) is 0.580. The Balaban J connectivity index is 1.68. The van der Waals surface area contributed by atoms with Crippen LogP contribution in [0.2, 0.25) is 0 Å². The highest BCUT2D eigenvalue weighted by atomic mass is 16.3. The van der Waals surface area contributed by atoms with Gasteiger partial charge in [0.1, 0.15) is 5.69 Å². The van der Waals surface area contributed by atoms with Crippen LogP contribution in [-0.2, 0) is 6.42 Å². The van der Waals surface area contributed by atoms with Crippen LogP contribution in [-0.4, -0.2) is 24.9 Å². The number of rotatable bonds is 4. The minimum atomic E-state index is 0.0989. The van der Waals surface area contributed by atoms with Gasteiger partial charge >= 0.3 is 0 Å². The summed E-state index contributed by atoms with van der Waals surface area (Å²) in [4.78, 5) is 7.82. The number of benzene rings is 3. The van der Waals surface area contributed by atoms with Crippen molar-refractivity contribution < 1.29 is 5.11 Å². The summed E-state index contributed by atoms with van der Waals surface area (Å²) in [5.74, 6) is 0.594. The normalized spacial score (nSPS) is 11.1. The zero-order valence-electron chi connectivity index (χ0n) is 15.1. The van der Waals surface area contributed by atoms with Crippen molar-refractivity contribution in [3.05, 3.63) is 96.1 Å². The summed E-state index contributed by atoms with van der Waals surface area (Å²) in [5, 5.41) is 15.8. The largest absolute Gasteiger partial charge is 0.493 e. The number of nitrogens with zero attached hydrogens (tertiary/aromatic N) is 3. The predicted molar refractivity (Wildman–Crippen MR) is 110 cm³/mol. The number of imidazole rings is 1. The van der Waals surface area contributed by atoms with Crippen molar-refractivity contribution in [1.82, 2.24) is 19.7 Å². The van der Waals surface area contributed by atoms with E-state index in [1.807, 2.05) is 84.9 Å². The SMILES string of the molecule is Oc1c(Cc2ccccc2)c(-c2ccccc2)nn1-c1nc2ccccc2[nH]1. The maximum absolute atomic E-state index is 11.1. The molecule has 0 saturated heterocycles. The lowest BCUT2D eigenvalue weighted by Gasteiger charge is -2.04. The highest BCUT2D eigenvalue weighted by Gasteiger charge is 2.21. The van der Waals surface area contributed by atoms with Crippen LogP contribution in [0.3, 0.4) is 0 Å². The van der Waals surface area contributed by atoms with E-state index in [1.165, 1.54) is 4.68 Å². The molecule has 2 aromatic heterocycles. The van der Waals surface area contributed by atoms with E-state index in [2.05, 4.69) is 9.97 Å². The third kappa shape index (κ3) is 2.83. The molecular formula is C23H18N4O. The van der Waals surface area contributed by atoms with Crippen molar-refractivity contribution in [2.45, 2.75) is 6.42 Å². The van der Waals surface area contributed by atoms with E-state index in [1.54, 1.807) is 0 Å². The summed E-state index contributed by atoms with van der Waals surface area (Å²) in [6, 6.07) is 27.8. The van der Waals surface area contributed by atoms with Crippen LogP contribution >= 0.6 is 0 Å². The van der Waals surface area contributed by atoms with Gasteiger partial charge in [-0.3, -0.25) is 0 Å². The topological polar surface area (TPSA) is 66.7 Å². The summed E-state index contributed by atoms with van der Waals surface area (Å²) in [6.45, 7) is 0. The number of H-pyrrole nitrogens is 1. The van der Waals surface area contributed by atoms with Crippen LogP contribution in [0.4, 0.5) is 0 Å². The summed E-state index contributed by atoms with van der Waals surface area (Å²) in [5.41, 5.74) is 5.33. The lowest BCUT2D eigenvalue weighted by molar-refractivity contribution is 0.426. The fourth-order valence-electron chi connectivity index (χ4n) is 3.42. The van der Waals surface area contributed by atoms with Gasteiger partial charge in [0.2, 0.25) is 11.8 Å². The predicted octanol–water partition coefficient (Wildman–Crippen LogP) is 4.71. The fourth-order valence-corrected chi connectivity index (χ4v) is 3.42. The maximum Gasteiger partial charge on any atom is 0.232 e. The molecule has 0 bridgehead atoms. The summed E-state index contributed by atoms with van der Waals surface area (Å²) in [7, 11) is 0. The van der Waals surface area contributed by atoms with Crippen LogP contribution in [0, 0.1) is 0 Å². The number of fused-ring (bicyclic) bond motifs is 1. The van der Waals surface area contributed by atoms with Gasteiger partial charge in [-0.05, 0) is 17.7 Å². The highest BCUT2D eigenvalue weighted by molar-refractivity contribution is 5.76. The van der Waals surface area contributed by atoms with Gasteiger partial charge in [-0.15, -0.1) is 0 Å². The zero-order chi connectivity index (χ0) is 18.9. The van der Waals surface area contributed by atoms with Gasteiger partial charge in [0.05, 0.1) is 11.0 Å². The smallest absolute Gasteiger partial charge is 0.232 e. The lowest BCUT2D eigenvalue weighted by Crippen LogP contribution is -1.98. The Kier molecular flexibility index (Phi) is 3.91. The van der Waals surface area contributed by atoms with E-state index < -0.39 is 0 Å². The van der Waals surface area contributed by atoms with Crippen LogP contribution < -0.4 is 0 Å². The number of nitrogens with one attached hydrogen (secondary N) is 1. The van der Waals surface area contributed by atoms with Gasteiger partial charge in [-0.25, -0.2) is 4.98 Å². The molecule has 0 radical (unpaired) electrons. The number of para-hydroxylation sites is 2. The Hall–Kier alpha value is -3.86. The van der Waals surface area contributed by atoms with E-state index in [0.29, 0.717) is 12.4 Å². The molecule has 0 amide bonds. The van der Waals surface area contributed by atoms with Gasteiger partial charge in [-0.1, -0.05) is 72.8 Å². The number of hydrogen-bond donors (Lipinski definition) is 2. The van der Waals surface area contributed by atoms with E-state index in [0.717, 1.165) is 33.4 Å². The van der Waals surface area contributed by atoms with Gasteiger partial charge < -0.3 is 10.1 Å². The molecule has 0 unspecified atom stereocenters. The molecule has 0 fully saturated rings. The van der Waals surface area contributed by atoms with Gasteiger partial charge in [0, 0.05) is 17.5 Å². The average molecular weight is 366 g/mol.